The predicted octanol–water partition coefficient (Wildman–Crippen LogP) is 4.46. The van der Waals surface area contributed by atoms with E-state index in [1.54, 1.807) is 30.3 Å². The Labute approximate surface area is 171 Å². The summed E-state index contributed by atoms with van der Waals surface area (Å²) in [5, 5.41) is 3.30. The van der Waals surface area contributed by atoms with Crippen molar-refractivity contribution in [2.75, 3.05) is 18.4 Å². The third kappa shape index (κ3) is 4.46. The Morgan fingerprint density at radius 2 is 1.90 bits per heavy atom. The number of anilines is 1. The van der Waals surface area contributed by atoms with Gasteiger partial charge in [0.1, 0.15) is 5.76 Å². The summed E-state index contributed by atoms with van der Waals surface area (Å²) in [7, 11) is 0. The number of oxazole rings is 1. The number of benzene rings is 2. The lowest BCUT2D eigenvalue weighted by Crippen LogP contribution is -2.26. The van der Waals surface area contributed by atoms with E-state index in [1.165, 1.54) is 6.07 Å². The lowest BCUT2D eigenvalue weighted by Gasteiger charge is -2.20. The van der Waals surface area contributed by atoms with E-state index in [0.717, 1.165) is 6.07 Å². The fraction of sp³-hybridized carbons (Fsp3) is 0.238. The Kier molecular flexibility index (Phi) is 5.60. The fourth-order valence-corrected chi connectivity index (χ4v) is 3.42. The number of carbonyl (C=O) groups is 1. The van der Waals surface area contributed by atoms with E-state index in [0.29, 0.717) is 60.2 Å². The van der Waals surface area contributed by atoms with Crippen LogP contribution in [0.2, 0.25) is 5.02 Å². The van der Waals surface area contributed by atoms with Gasteiger partial charge in [0, 0.05) is 48.7 Å². The zero-order chi connectivity index (χ0) is 20.4. The molecular weight excluding hydrogens is 400 g/mol. The van der Waals surface area contributed by atoms with Crippen molar-refractivity contribution < 1.29 is 18.0 Å². The minimum Gasteiger partial charge on any atom is -0.437 e. The van der Waals surface area contributed by atoms with Gasteiger partial charge >= 0.3 is 5.91 Å². The maximum atomic E-state index is 13.9. The number of aromatic nitrogens is 1. The van der Waals surface area contributed by atoms with E-state index in [2.05, 4.69) is 10.3 Å². The van der Waals surface area contributed by atoms with E-state index >= 15 is 0 Å². The van der Waals surface area contributed by atoms with Crippen molar-refractivity contribution in [3.8, 4) is 0 Å². The first-order valence-corrected chi connectivity index (χ1v) is 9.58. The number of carbonyl (C=O) groups excluding carboxylic acids is 1. The molecule has 0 radical (unpaired) electrons. The van der Waals surface area contributed by atoms with Gasteiger partial charge in [-0.1, -0.05) is 23.7 Å². The molecule has 0 atom stereocenters. The average Bonchev–Trinajstić information content (AvgIpc) is 3.03. The van der Waals surface area contributed by atoms with Gasteiger partial charge in [-0.25, -0.2) is 13.8 Å². The van der Waals surface area contributed by atoms with Crippen molar-refractivity contribution in [2.24, 2.45) is 0 Å². The van der Waals surface area contributed by atoms with E-state index in [4.69, 9.17) is 16.0 Å². The van der Waals surface area contributed by atoms with Gasteiger partial charge in [-0.05, 0) is 30.3 Å². The smallest absolute Gasteiger partial charge is 0.311 e. The zero-order valence-electron chi connectivity index (χ0n) is 15.4. The summed E-state index contributed by atoms with van der Waals surface area (Å²) < 4.78 is 33.0. The number of nitrogens with zero attached hydrogens (tertiary/aromatic N) is 2. The summed E-state index contributed by atoms with van der Waals surface area (Å²) in [6.07, 6.45) is 1.09. The first-order chi connectivity index (χ1) is 14.0. The third-order valence-electron chi connectivity index (χ3n) is 4.82. The predicted molar refractivity (Wildman–Crippen MR) is 105 cm³/mol. The second-order valence-corrected chi connectivity index (χ2v) is 7.28. The molecule has 1 aromatic heterocycles. The van der Waals surface area contributed by atoms with Gasteiger partial charge < -0.3 is 9.73 Å². The molecule has 0 bridgehead atoms. The molecule has 150 valence electrons. The molecule has 0 saturated heterocycles. The summed E-state index contributed by atoms with van der Waals surface area (Å²) in [5.74, 6) is -1.43. The second kappa shape index (κ2) is 8.31. The van der Waals surface area contributed by atoms with Gasteiger partial charge in [0.15, 0.2) is 11.6 Å². The molecule has 0 saturated carbocycles. The van der Waals surface area contributed by atoms with Crippen molar-refractivity contribution in [1.29, 1.82) is 0 Å². The number of halogens is 3. The molecule has 4 rings (SSSR count). The molecule has 0 aliphatic carbocycles. The van der Waals surface area contributed by atoms with Crippen LogP contribution in [0.5, 0.6) is 0 Å². The lowest BCUT2D eigenvalue weighted by molar-refractivity contribution is 0.0988. The van der Waals surface area contributed by atoms with E-state index in [1.807, 2.05) is 4.90 Å². The third-order valence-corrected chi connectivity index (χ3v) is 5.07. The molecule has 5 nitrogen and oxygen atoms in total. The van der Waals surface area contributed by atoms with Gasteiger partial charge in [0.05, 0.1) is 5.69 Å². The summed E-state index contributed by atoms with van der Waals surface area (Å²) in [6.45, 7) is 1.50. The highest BCUT2D eigenvalue weighted by atomic mass is 35.5. The number of amides is 1. The van der Waals surface area contributed by atoms with E-state index in [9.17, 15) is 13.6 Å². The van der Waals surface area contributed by atoms with Gasteiger partial charge in [-0.2, -0.15) is 0 Å². The molecule has 1 aliphatic heterocycles. The molecule has 0 unspecified atom stereocenters. The Balaban J connectivity index is 1.40. The van der Waals surface area contributed by atoms with Crippen LogP contribution in [0, 0.1) is 11.6 Å². The summed E-state index contributed by atoms with van der Waals surface area (Å²) in [5.41, 5.74) is 1.63. The monoisotopic (exact) mass is 417 g/mol. The van der Waals surface area contributed by atoms with Crippen molar-refractivity contribution in [1.82, 2.24) is 9.88 Å². The zero-order valence-corrected chi connectivity index (χ0v) is 16.2. The Bertz CT molecular complexity index is 1010. The Morgan fingerprint density at radius 3 is 2.69 bits per heavy atom. The van der Waals surface area contributed by atoms with Crippen molar-refractivity contribution >= 4 is 23.2 Å². The second-order valence-electron chi connectivity index (χ2n) is 6.84. The highest BCUT2D eigenvalue weighted by molar-refractivity contribution is 6.30. The Morgan fingerprint density at radius 1 is 1.14 bits per heavy atom. The maximum absolute atomic E-state index is 13.9. The van der Waals surface area contributed by atoms with Crippen molar-refractivity contribution in [3.63, 3.8) is 0 Å². The SMILES string of the molecule is O=C(Nc1ccc(Cl)cc1)c1nc2c(o1)CCN(Cc1cccc(F)c1F)CC2. The molecule has 2 heterocycles. The topological polar surface area (TPSA) is 58.4 Å². The standard InChI is InChI=1S/C21H18ClF2N3O2/c22-14-4-6-15(7-5-14)25-20(28)21-26-17-8-10-27(11-9-18(17)29-21)12-13-2-1-3-16(23)19(13)24/h1-7H,8-12H2,(H,25,28). The highest BCUT2D eigenvalue weighted by Crippen LogP contribution is 2.21. The number of hydrogen-bond acceptors (Lipinski definition) is 4. The molecule has 8 heteroatoms. The fourth-order valence-electron chi connectivity index (χ4n) is 3.29. The van der Waals surface area contributed by atoms with Crippen LogP contribution in [0.1, 0.15) is 27.7 Å². The largest absolute Gasteiger partial charge is 0.437 e. The number of hydrogen-bond donors (Lipinski definition) is 1. The van der Waals surface area contributed by atoms with Gasteiger partial charge in [0.2, 0.25) is 0 Å². The van der Waals surface area contributed by atoms with Crippen molar-refractivity contribution in [3.05, 3.63) is 82.0 Å². The van der Waals surface area contributed by atoms with E-state index < -0.39 is 17.5 Å². The highest BCUT2D eigenvalue weighted by Gasteiger charge is 2.23. The first kappa shape index (κ1) is 19.5. The summed E-state index contributed by atoms with van der Waals surface area (Å²) in [4.78, 5) is 18.7. The summed E-state index contributed by atoms with van der Waals surface area (Å²) in [6, 6.07) is 10.9. The quantitative estimate of drug-likeness (QED) is 0.681. The number of nitrogens with one attached hydrogen (secondary N) is 1. The molecule has 0 spiro atoms. The van der Waals surface area contributed by atoms with Crippen LogP contribution in [0.15, 0.2) is 46.9 Å². The molecule has 1 amide bonds. The van der Waals surface area contributed by atoms with Gasteiger partial charge in [-0.15, -0.1) is 0 Å². The maximum Gasteiger partial charge on any atom is 0.311 e. The van der Waals surface area contributed by atoms with Crippen molar-refractivity contribution in [2.45, 2.75) is 19.4 Å². The van der Waals surface area contributed by atoms with Crippen LogP contribution in [-0.2, 0) is 19.4 Å². The van der Waals surface area contributed by atoms with Crippen LogP contribution in [0.4, 0.5) is 14.5 Å². The Hall–Kier alpha value is -2.77. The van der Waals surface area contributed by atoms with Crippen LogP contribution >= 0.6 is 11.6 Å². The molecular formula is C21H18ClF2N3O2. The molecule has 2 aromatic carbocycles. The normalized spacial score (nSPS) is 14.3. The molecule has 1 aliphatic rings. The molecule has 1 N–H and O–H groups in total. The minimum atomic E-state index is -0.845. The minimum absolute atomic E-state index is 0.00887. The first-order valence-electron chi connectivity index (χ1n) is 9.20. The average molecular weight is 418 g/mol. The molecule has 29 heavy (non-hydrogen) atoms. The lowest BCUT2D eigenvalue weighted by atomic mass is 10.2. The molecule has 0 fully saturated rings. The summed E-state index contributed by atoms with van der Waals surface area (Å²) >= 11 is 5.84. The molecule has 3 aromatic rings. The number of rotatable bonds is 4. The van der Waals surface area contributed by atoms with Crippen LogP contribution < -0.4 is 5.32 Å². The van der Waals surface area contributed by atoms with Crippen LogP contribution in [-0.4, -0.2) is 28.9 Å². The van der Waals surface area contributed by atoms with Gasteiger partial charge in [0.25, 0.3) is 5.89 Å². The van der Waals surface area contributed by atoms with E-state index in [-0.39, 0.29) is 5.89 Å². The van der Waals surface area contributed by atoms with Crippen LogP contribution in [0.25, 0.3) is 0 Å². The van der Waals surface area contributed by atoms with Crippen LogP contribution in [0.3, 0.4) is 0 Å². The number of fused-ring (bicyclic) bond motifs is 1. The van der Waals surface area contributed by atoms with Gasteiger partial charge in [-0.3, -0.25) is 9.69 Å².